The van der Waals surface area contributed by atoms with E-state index in [0.717, 1.165) is 52.9 Å². The summed E-state index contributed by atoms with van der Waals surface area (Å²) in [5.74, 6) is 0.116. The first kappa shape index (κ1) is 20.8. The van der Waals surface area contributed by atoms with Crippen LogP contribution >= 0.6 is 11.3 Å². The normalized spacial score (nSPS) is 16.8. The molecule has 0 radical (unpaired) electrons. The summed E-state index contributed by atoms with van der Waals surface area (Å²) in [4.78, 5) is 20.6. The van der Waals surface area contributed by atoms with Crippen LogP contribution in [0.1, 0.15) is 69.6 Å². The quantitative estimate of drug-likeness (QED) is 0.583. The molecule has 3 heterocycles. The summed E-state index contributed by atoms with van der Waals surface area (Å²) < 4.78 is 1.91. The van der Waals surface area contributed by atoms with Crippen molar-refractivity contribution >= 4 is 17.2 Å². The van der Waals surface area contributed by atoms with E-state index < -0.39 is 0 Å². The molecule has 0 bridgehead atoms. The van der Waals surface area contributed by atoms with Gasteiger partial charge in [-0.15, -0.1) is 0 Å². The Morgan fingerprint density at radius 1 is 1.10 bits per heavy atom. The maximum atomic E-state index is 13.2. The van der Waals surface area contributed by atoms with Gasteiger partial charge in [-0.05, 0) is 59.4 Å². The first-order chi connectivity index (χ1) is 14.3. The SMILES string of the molecule is Cc1ccc(Cc2c(C)nn(-c3nc(C)c(C(=O)N4CCCC[C@@H]4C)s3)c2C)cc1. The van der Waals surface area contributed by atoms with E-state index in [1.807, 2.05) is 16.5 Å². The first-order valence-electron chi connectivity index (χ1n) is 10.7. The molecule has 1 aliphatic heterocycles. The number of carbonyl (C=O) groups excluding carboxylic acids is 1. The zero-order valence-corrected chi connectivity index (χ0v) is 19.3. The largest absolute Gasteiger partial charge is 0.335 e. The third-order valence-electron chi connectivity index (χ3n) is 6.17. The van der Waals surface area contributed by atoms with E-state index in [1.165, 1.54) is 34.4 Å². The zero-order valence-electron chi connectivity index (χ0n) is 18.5. The van der Waals surface area contributed by atoms with Crippen molar-refractivity contribution < 1.29 is 4.79 Å². The first-order valence-corrected chi connectivity index (χ1v) is 11.6. The van der Waals surface area contributed by atoms with Gasteiger partial charge in [0, 0.05) is 30.3 Å². The topological polar surface area (TPSA) is 51.0 Å². The third kappa shape index (κ3) is 3.93. The number of piperidine rings is 1. The molecule has 1 saturated heterocycles. The Kier molecular flexibility index (Phi) is 5.78. The van der Waals surface area contributed by atoms with Crippen molar-refractivity contribution in [2.45, 2.75) is 66.3 Å². The number of aromatic nitrogens is 3. The molecule has 1 aliphatic rings. The smallest absolute Gasteiger partial charge is 0.266 e. The van der Waals surface area contributed by atoms with Crippen LogP contribution in [-0.2, 0) is 6.42 Å². The number of rotatable bonds is 4. The van der Waals surface area contributed by atoms with Gasteiger partial charge in [-0.25, -0.2) is 9.67 Å². The fourth-order valence-electron chi connectivity index (χ4n) is 4.23. The highest BCUT2D eigenvalue weighted by molar-refractivity contribution is 7.16. The number of hydrogen-bond donors (Lipinski definition) is 0. The van der Waals surface area contributed by atoms with Crippen molar-refractivity contribution in [1.82, 2.24) is 19.7 Å². The predicted molar refractivity (Wildman–Crippen MR) is 122 cm³/mol. The Morgan fingerprint density at radius 3 is 2.53 bits per heavy atom. The van der Waals surface area contributed by atoms with Crippen LogP contribution < -0.4 is 0 Å². The predicted octanol–water partition coefficient (Wildman–Crippen LogP) is 5.17. The number of benzene rings is 1. The lowest BCUT2D eigenvalue weighted by Crippen LogP contribution is -2.41. The van der Waals surface area contributed by atoms with Crippen LogP contribution in [0.15, 0.2) is 24.3 Å². The third-order valence-corrected chi connectivity index (χ3v) is 7.29. The highest BCUT2D eigenvalue weighted by atomic mass is 32.1. The van der Waals surface area contributed by atoms with Crippen molar-refractivity contribution in [3.8, 4) is 5.13 Å². The molecular formula is C24H30N4OS. The molecule has 0 unspecified atom stereocenters. The number of nitrogens with zero attached hydrogens (tertiary/aromatic N) is 4. The van der Waals surface area contributed by atoms with Crippen molar-refractivity contribution in [3.05, 3.63) is 62.9 Å². The van der Waals surface area contributed by atoms with Gasteiger partial charge < -0.3 is 4.90 Å². The maximum Gasteiger partial charge on any atom is 0.266 e. The molecule has 3 aromatic rings. The van der Waals surface area contributed by atoms with Crippen LogP contribution in [0.2, 0.25) is 0 Å². The second kappa shape index (κ2) is 8.34. The van der Waals surface area contributed by atoms with E-state index in [1.54, 1.807) is 0 Å². The number of carbonyl (C=O) groups is 1. The van der Waals surface area contributed by atoms with E-state index in [-0.39, 0.29) is 5.91 Å². The average molecular weight is 423 g/mol. The van der Waals surface area contributed by atoms with Gasteiger partial charge in [0.05, 0.1) is 11.4 Å². The van der Waals surface area contributed by atoms with Gasteiger partial charge in [0.15, 0.2) is 0 Å². The summed E-state index contributed by atoms with van der Waals surface area (Å²) in [7, 11) is 0. The van der Waals surface area contributed by atoms with Gasteiger partial charge in [0.2, 0.25) is 5.13 Å². The van der Waals surface area contributed by atoms with Crippen LogP contribution in [0, 0.1) is 27.7 Å². The Morgan fingerprint density at radius 2 is 1.83 bits per heavy atom. The molecule has 0 saturated carbocycles. The van der Waals surface area contributed by atoms with Gasteiger partial charge in [-0.2, -0.15) is 5.10 Å². The van der Waals surface area contributed by atoms with Gasteiger partial charge in [0.1, 0.15) is 4.88 Å². The number of amides is 1. The monoisotopic (exact) mass is 422 g/mol. The molecule has 4 rings (SSSR count). The fraction of sp³-hybridized carbons (Fsp3) is 0.458. The molecule has 2 aromatic heterocycles. The molecule has 0 spiro atoms. The van der Waals surface area contributed by atoms with E-state index in [0.29, 0.717) is 6.04 Å². The van der Waals surface area contributed by atoms with Crippen LogP contribution in [-0.4, -0.2) is 38.2 Å². The number of hydrogen-bond acceptors (Lipinski definition) is 4. The van der Waals surface area contributed by atoms with Crippen LogP contribution in [0.25, 0.3) is 5.13 Å². The lowest BCUT2D eigenvalue weighted by atomic mass is 10.0. The molecule has 0 aliphatic carbocycles. The maximum absolute atomic E-state index is 13.2. The van der Waals surface area contributed by atoms with Crippen molar-refractivity contribution in [1.29, 1.82) is 0 Å². The van der Waals surface area contributed by atoms with E-state index in [4.69, 9.17) is 10.1 Å². The molecular weight excluding hydrogens is 392 g/mol. The Bertz CT molecular complexity index is 1060. The van der Waals surface area contributed by atoms with E-state index >= 15 is 0 Å². The Labute approximate surface area is 182 Å². The van der Waals surface area contributed by atoms with Crippen LogP contribution in [0.4, 0.5) is 0 Å². The number of likely N-dealkylation sites (tertiary alicyclic amines) is 1. The van der Waals surface area contributed by atoms with E-state index in [2.05, 4.69) is 52.0 Å². The second-order valence-corrected chi connectivity index (χ2v) is 9.46. The summed E-state index contributed by atoms with van der Waals surface area (Å²) >= 11 is 1.46. The molecule has 1 amide bonds. The molecule has 1 fully saturated rings. The minimum absolute atomic E-state index is 0.116. The molecule has 6 heteroatoms. The number of thiazole rings is 1. The molecule has 30 heavy (non-hydrogen) atoms. The number of aryl methyl sites for hydroxylation is 3. The Balaban J connectivity index is 1.63. The van der Waals surface area contributed by atoms with Crippen LogP contribution in [0.3, 0.4) is 0 Å². The average Bonchev–Trinajstić information content (AvgIpc) is 3.24. The minimum atomic E-state index is 0.116. The van der Waals surface area contributed by atoms with Gasteiger partial charge >= 0.3 is 0 Å². The highest BCUT2D eigenvalue weighted by Crippen LogP contribution is 2.28. The fourth-order valence-corrected chi connectivity index (χ4v) is 5.26. The summed E-state index contributed by atoms with van der Waals surface area (Å²) in [6.45, 7) is 11.2. The zero-order chi connectivity index (χ0) is 21.4. The van der Waals surface area contributed by atoms with Crippen molar-refractivity contribution in [2.24, 2.45) is 0 Å². The summed E-state index contributed by atoms with van der Waals surface area (Å²) in [5.41, 5.74) is 6.67. The van der Waals surface area contributed by atoms with Crippen molar-refractivity contribution in [3.63, 3.8) is 0 Å². The van der Waals surface area contributed by atoms with E-state index in [9.17, 15) is 4.79 Å². The summed E-state index contributed by atoms with van der Waals surface area (Å²) in [6, 6.07) is 8.94. The highest BCUT2D eigenvalue weighted by Gasteiger charge is 2.28. The second-order valence-electron chi connectivity index (χ2n) is 8.48. The summed E-state index contributed by atoms with van der Waals surface area (Å²) in [6.07, 6.45) is 4.21. The molecule has 1 atom stereocenters. The molecule has 0 N–H and O–H groups in total. The Hall–Kier alpha value is -2.47. The lowest BCUT2D eigenvalue weighted by Gasteiger charge is -2.33. The van der Waals surface area contributed by atoms with Gasteiger partial charge in [-0.3, -0.25) is 4.79 Å². The van der Waals surface area contributed by atoms with Crippen molar-refractivity contribution in [2.75, 3.05) is 6.54 Å². The standard InChI is InChI=1S/C24H30N4OS/c1-15-9-11-20(12-10-15)14-21-17(3)26-28(19(21)5)24-25-18(4)22(30-24)23(29)27-13-7-6-8-16(27)2/h9-12,16H,6-8,13-14H2,1-5H3/t16-/m0/s1. The molecule has 158 valence electrons. The molecule has 1 aromatic carbocycles. The minimum Gasteiger partial charge on any atom is -0.335 e. The summed E-state index contributed by atoms with van der Waals surface area (Å²) in [5, 5.41) is 5.55. The van der Waals surface area contributed by atoms with Gasteiger partial charge in [-0.1, -0.05) is 41.2 Å². The lowest BCUT2D eigenvalue weighted by molar-refractivity contribution is 0.0639. The van der Waals surface area contributed by atoms with Crippen LogP contribution in [0.5, 0.6) is 0 Å². The molecule has 5 nitrogen and oxygen atoms in total. The van der Waals surface area contributed by atoms with Gasteiger partial charge in [0.25, 0.3) is 5.91 Å².